The van der Waals surface area contributed by atoms with Crippen LogP contribution in [0.4, 0.5) is 0 Å². The number of methoxy groups -OCH3 is 1. The lowest BCUT2D eigenvalue weighted by atomic mass is 10.0. The predicted molar refractivity (Wildman–Crippen MR) is 62.0 cm³/mol. The zero-order valence-corrected chi connectivity index (χ0v) is 9.18. The van der Waals surface area contributed by atoms with Crippen molar-refractivity contribution in [2.24, 2.45) is 0 Å². The molecule has 0 atom stereocenters. The fourth-order valence-corrected chi connectivity index (χ4v) is 1.38. The second-order valence-electron chi connectivity index (χ2n) is 3.12. The van der Waals surface area contributed by atoms with E-state index in [9.17, 15) is 0 Å². The van der Waals surface area contributed by atoms with Gasteiger partial charge in [-0.25, -0.2) is 0 Å². The molecule has 0 saturated heterocycles. The summed E-state index contributed by atoms with van der Waals surface area (Å²) in [4.78, 5) is 0. The fraction of sp³-hybridized carbons (Fsp3) is 0.333. The first-order valence-electron chi connectivity index (χ1n) is 4.66. The number of ether oxygens (including phenoxy) is 1. The van der Waals surface area contributed by atoms with E-state index in [0.717, 1.165) is 29.7 Å². The van der Waals surface area contributed by atoms with E-state index in [2.05, 4.69) is 6.58 Å². The molecule has 14 heavy (non-hydrogen) atoms. The van der Waals surface area contributed by atoms with E-state index < -0.39 is 0 Å². The molecule has 0 aromatic heterocycles. The van der Waals surface area contributed by atoms with E-state index in [-0.39, 0.29) is 0 Å². The van der Waals surface area contributed by atoms with Crippen LogP contribution in [0, 0.1) is 0 Å². The minimum atomic E-state index is 0.690. The van der Waals surface area contributed by atoms with E-state index in [1.807, 2.05) is 24.3 Å². The third-order valence-electron chi connectivity index (χ3n) is 2.11. The van der Waals surface area contributed by atoms with Crippen molar-refractivity contribution in [3.05, 3.63) is 36.4 Å². The van der Waals surface area contributed by atoms with Crippen LogP contribution in [-0.4, -0.2) is 13.0 Å². The summed E-state index contributed by atoms with van der Waals surface area (Å²) < 4.78 is 5.08. The molecule has 1 aromatic rings. The summed E-state index contributed by atoms with van der Waals surface area (Å²) in [5.74, 6) is 1.56. The molecule has 0 heterocycles. The number of benzene rings is 1. The van der Waals surface area contributed by atoms with Gasteiger partial charge >= 0.3 is 0 Å². The molecule has 1 nitrogen and oxygen atoms in total. The van der Waals surface area contributed by atoms with Crippen molar-refractivity contribution in [1.29, 1.82) is 0 Å². The second kappa shape index (κ2) is 5.71. The maximum absolute atomic E-state index is 5.62. The van der Waals surface area contributed by atoms with E-state index in [1.54, 1.807) is 7.11 Å². The SMILES string of the molecule is C=C(CCCCl)c1ccc(OC)cc1. The quantitative estimate of drug-likeness (QED) is 0.673. The number of halogens is 1. The smallest absolute Gasteiger partial charge is 0.118 e. The minimum Gasteiger partial charge on any atom is -0.497 e. The van der Waals surface area contributed by atoms with Gasteiger partial charge in [0.1, 0.15) is 5.75 Å². The number of allylic oxidation sites excluding steroid dienone is 1. The van der Waals surface area contributed by atoms with Crippen LogP contribution in [0.1, 0.15) is 18.4 Å². The summed E-state index contributed by atoms with van der Waals surface area (Å²) in [5.41, 5.74) is 2.30. The van der Waals surface area contributed by atoms with Crippen molar-refractivity contribution in [2.75, 3.05) is 13.0 Å². The van der Waals surface area contributed by atoms with Gasteiger partial charge in [0.05, 0.1) is 7.11 Å². The van der Waals surface area contributed by atoms with Crippen LogP contribution in [0.3, 0.4) is 0 Å². The van der Waals surface area contributed by atoms with Gasteiger partial charge in [-0.1, -0.05) is 18.7 Å². The molecule has 1 aromatic carbocycles. The lowest BCUT2D eigenvalue weighted by Crippen LogP contribution is -1.86. The summed E-state index contributed by atoms with van der Waals surface area (Å²) >= 11 is 5.62. The molecule has 0 radical (unpaired) electrons. The highest BCUT2D eigenvalue weighted by Gasteiger charge is 1.98. The van der Waals surface area contributed by atoms with Gasteiger partial charge in [-0.05, 0) is 36.1 Å². The monoisotopic (exact) mass is 210 g/mol. The summed E-state index contributed by atoms with van der Waals surface area (Å²) in [6.45, 7) is 4.02. The van der Waals surface area contributed by atoms with Crippen LogP contribution in [-0.2, 0) is 0 Å². The molecule has 76 valence electrons. The highest BCUT2D eigenvalue weighted by atomic mass is 35.5. The Kier molecular flexibility index (Phi) is 4.54. The van der Waals surface area contributed by atoms with Gasteiger partial charge in [0.15, 0.2) is 0 Å². The summed E-state index contributed by atoms with van der Waals surface area (Å²) in [6.07, 6.45) is 1.93. The molecule has 0 saturated carbocycles. The van der Waals surface area contributed by atoms with E-state index in [0.29, 0.717) is 5.88 Å². The van der Waals surface area contributed by atoms with Crippen LogP contribution >= 0.6 is 11.6 Å². The van der Waals surface area contributed by atoms with Crippen LogP contribution in [0.2, 0.25) is 0 Å². The molecule has 1 rings (SSSR count). The van der Waals surface area contributed by atoms with Crippen molar-refractivity contribution in [2.45, 2.75) is 12.8 Å². The Hall–Kier alpha value is -0.950. The van der Waals surface area contributed by atoms with Crippen LogP contribution in [0.5, 0.6) is 5.75 Å². The van der Waals surface area contributed by atoms with Crippen LogP contribution < -0.4 is 4.74 Å². The van der Waals surface area contributed by atoms with E-state index in [1.165, 1.54) is 0 Å². The highest BCUT2D eigenvalue weighted by molar-refractivity contribution is 6.17. The molecule has 0 aliphatic carbocycles. The Morgan fingerprint density at radius 1 is 1.36 bits per heavy atom. The Bertz CT molecular complexity index is 290. The van der Waals surface area contributed by atoms with E-state index in [4.69, 9.17) is 16.3 Å². The standard InChI is InChI=1S/C12H15ClO/c1-10(4-3-9-13)11-5-7-12(14-2)8-6-11/h5-8H,1,3-4,9H2,2H3. The third kappa shape index (κ3) is 3.08. The van der Waals surface area contributed by atoms with Crippen molar-refractivity contribution < 1.29 is 4.74 Å². The first-order valence-corrected chi connectivity index (χ1v) is 5.19. The normalized spacial score (nSPS) is 9.86. The molecule has 2 heteroatoms. The minimum absolute atomic E-state index is 0.690. The lowest BCUT2D eigenvalue weighted by Gasteiger charge is -2.05. The average Bonchev–Trinajstić information content (AvgIpc) is 2.26. The van der Waals surface area contributed by atoms with Crippen molar-refractivity contribution >= 4 is 17.2 Å². The largest absolute Gasteiger partial charge is 0.497 e. The zero-order chi connectivity index (χ0) is 10.4. The molecule has 0 spiro atoms. The number of hydrogen-bond acceptors (Lipinski definition) is 1. The Balaban J connectivity index is 2.62. The third-order valence-corrected chi connectivity index (χ3v) is 2.38. The van der Waals surface area contributed by atoms with Crippen LogP contribution in [0.15, 0.2) is 30.8 Å². The predicted octanol–water partition coefficient (Wildman–Crippen LogP) is 3.73. The first-order chi connectivity index (χ1) is 6.77. The van der Waals surface area contributed by atoms with Crippen molar-refractivity contribution in [3.8, 4) is 5.75 Å². The molecule has 0 N–H and O–H groups in total. The fourth-order valence-electron chi connectivity index (χ4n) is 1.25. The van der Waals surface area contributed by atoms with Gasteiger partial charge in [0.25, 0.3) is 0 Å². The topological polar surface area (TPSA) is 9.23 Å². The van der Waals surface area contributed by atoms with Crippen molar-refractivity contribution in [1.82, 2.24) is 0 Å². The zero-order valence-electron chi connectivity index (χ0n) is 8.42. The molecule has 0 aliphatic rings. The molecule has 0 unspecified atom stereocenters. The number of hydrogen-bond donors (Lipinski definition) is 0. The molecule has 0 aliphatic heterocycles. The number of alkyl halides is 1. The Morgan fingerprint density at radius 3 is 2.50 bits per heavy atom. The molecule has 0 bridgehead atoms. The maximum atomic E-state index is 5.62. The maximum Gasteiger partial charge on any atom is 0.118 e. The lowest BCUT2D eigenvalue weighted by molar-refractivity contribution is 0.415. The molecule has 0 amide bonds. The van der Waals surface area contributed by atoms with Gasteiger partial charge in [-0.2, -0.15) is 0 Å². The van der Waals surface area contributed by atoms with Gasteiger partial charge in [-0.15, -0.1) is 11.6 Å². The molecular weight excluding hydrogens is 196 g/mol. The van der Waals surface area contributed by atoms with Gasteiger partial charge in [0, 0.05) is 5.88 Å². The highest BCUT2D eigenvalue weighted by Crippen LogP contribution is 2.20. The van der Waals surface area contributed by atoms with Crippen molar-refractivity contribution in [3.63, 3.8) is 0 Å². The van der Waals surface area contributed by atoms with E-state index >= 15 is 0 Å². The summed E-state index contributed by atoms with van der Waals surface area (Å²) in [7, 11) is 1.66. The molecular formula is C12H15ClO. The molecule has 0 fully saturated rings. The number of rotatable bonds is 5. The van der Waals surface area contributed by atoms with Gasteiger partial charge in [-0.3, -0.25) is 0 Å². The summed E-state index contributed by atoms with van der Waals surface area (Å²) in [6, 6.07) is 7.94. The average molecular weight is 211 g/mol. The van der Waals surface area contributed by atoms with Crippen LogP contribution in [0.25, 0.3) is 5.57 Å². The Labute approximate surface area is 90.3 Å². The summed E-state index contributed by atoms with van der Waals surface area (Å²) in [5, 5.41) is 0. The first kappa shape index (κ1) is 11.1. The Morgan fingerprint density at radius 2 is 2.00 bits per heavy atom. The van der Waals surface area contributed by atoms with Gasteiger partial charge < -0.3 is 4.74 Å². The second-order valence-corrected chi connectivity index (χ2v) is 3.50. The van der Waals surface area contributed by atoms with Gasteiger partial charge in [0.2, 0.25) is 0 Å².